The van der Waals surface area contributed by atoms with Gasteiger partial charge in [0.1, 0.15) is 4.90 Å². The second-order valence-electron chi connectivity index (χ2n) is 6.38. The lowest BCUT2D eigenvalue weighted by molar-refractivity contribution is 0.0764. The summed E-state index contributed by atoms with van der Waals surface area (Å²) in [6, 6.07) is 1.78. The van der Waals surface area contributed by atoms with Crippen molar-refractivity contribution in [3.8, 4) is 0 Å². The number of amides is 1. The van der Waals surface area contributed by atoms with Gasteiger partial charge in [-0.25, -0.2) is 8.42 Å². The van der Waals surface area contributed by atoms with Gasteiger partial charge in [-0.1, -0.05) is 0 Å². The summed E-state index contributed by atoms with van der Waals surface area (Å²) in [7, 11) is -1.75. The summed E-state index contributed by atoms with van der Waals surface area (Å²) in [4.78, 5) is 14.6. The number of hydrogen-bond acceptors (Lipinski definition) is 4. The minimum Gasteiger partial charge on any atom is -0.356 e. The molecule has 9 heteroatoms. The minimum absolute atomic E-state index is 0.0597. The van der Waals surface area contributed by atoms with E-state index >= 15 is 0 Å². The zero-order chi connectivity index (χ0) is 18.2. The number of nitrogens with one attached hydrogen (secondary N) is 1. The number of sulfonamides is 1. The average Bonchev–Trinajstić information content (AvgIpc) is 3.03. The van der Waals surface area contributed by atoms with Crippen LogP contribution in [-0.2, 0) is 17.1 Å². The molecule has 1 amide bonds. The maximum atomic E-state index is 13.0. The number of nitrogens with zero attached hydrogens (tertiary/aromatic N) is 4. The van der Waals surface area contributed by atoms with Crippen LogP contribution in [0.25, 0.3) is 0 Å². The van der Waals surface area contributed by atoms with E-state index in [1.165, 1.54) is 4.31 Å². The molecule has 0 bridgehead atoms. The molecule has 1 aliphatic rings. The zero-order valence-electron chi connectivity index (χ0n) is 14.7. The van der Waals surface area contributed by atoms with Gasteiger partial charge in [0.25, 0.3) is 5.91 Å². The summed E-state index contributed by atoms with van der Waals surface area (Å²) in [5.41, 5.74) is 1.64. The van der Waals surface area contributed by atoms with Gasteiger partial charge in [0.15, 0.2) is 0 Å². The molecule has 0 unspecified atom stereocenters. The second kappa shape index (κ2) is 6.64. The molecule has 0 radical (unpaired) electrons. The standard InChI is InChI=1S/C16H23N5O3S/c1-12-15(13(2)18-17-12)25(23,24)21-7-4-6-20(9-10-21)16(22)14-5-8-19(3)11-14/h5,8,11H,4,6-7,9-10H2,1-3H3,(H,17,18). The van der Waals surface area contributed by atoms with E-state index in [1.807, 2.05) is 17.8 Å². The van der Waals surface area contributed by atoms with E-state index in [1.54, 1.807) is 31.0 Å². The molecule has 2 aromatic rings. The monoisotopic (exact) mass is 365 g/mol. The average molecular weight is 365 g/mol. The Morgan fingerprint density at radius 2 is 1.96 bits per heavy atom. The van der Waals surface area contributed by atoms with Crippen molar-refractivity contribution in [3.63, 3.8) is 0 Å². The highest BCUT2D eigenvalue weighted by Crippen LogP contribution is 2.23. The van der Waals surface area contributed by atoms with Gasteiger partial charge in [-0.2, -0.15) is 9.40 Å². The Morgan fingerprint density at radius 1 is 1.20 bits per heavy atom. The maximum absolute atomic E-state index is 13.0. The Morgan fingerprint density at radius 3 is 2.56 bits per heavy atom. The third-order valence-electron chi connectivity index (χ3n) is 4.48. The summed E-state index contributed by atoms with van der Waals surface area (Å²) in [6.07, 6.45) is 4.21. The lowest BCUT2D eigenvalue weighted by Gasteiger charge is -2.21. The molecule has 1 aliphatic heterocycles. The van der Waals surface area contributed by atoms with E-state index in [4.69, 9.17) is 0 Å². The summed E-state index contributed by atoms with van der Waals surface area (Å²) < 4.78 is 29.2. The molecule has 25 heavy (non-hydrogen) atoms. The molecule has 1 fully saturated rings. The van der Waals surface area contributed by atoms with Crippen molar-refractivity contribution in [1.82, 2.24) is 24.0 Å². The third-order valence-corrected chi connectivity index (χ3v) is 6.64. The number of carbonyl (C=O) groups excluding carboxylic acids is 1. The van der Waals surface area contributed by atoms with Crippen LogP contribution in [0.2, 0.25) is 0 Å². The molecule has 0 spiro atoms. The molecule has 3 heterocycles. The fraction of sp³-hybridized carbons (Fsp3) is 0.500. The molecule has 2 aromatic heterocycles. The lowest BCUT2D eigenvalue weighted by atomic mass is 10.3. The molecule has 0 aromatic carbocycles. The van der Waals surface area contributed by atoms with Crippen LogP contribution in [0, 0.1) is 13.8 Å². The highest BCUT2D eigenvalue weighted by molar-refractivity contribution is 7.89. The molecule has 136 valence electrons. The van der Waals surface area contributed by atoms with Crippen molar-refractivity contribution in [3.05, 3.63) is 35.4 Å². The quantitative estimate of drug-likeness (QED) is 0.875. The van der Waals surface area contributed by atoms with Gasteiger partial charge >= 0.3 is 0 Å². The molecule has 0 aliphatic carbocycles. The molecular formula is C16H23N5O3S. The van der Waals surface area contributed by atoms with E-state index in [0.29, 0.717) is 43.0 Å². The Kier molecular flexibility index (Phi) is 4.70. The Labute approximate surface area is 147 Å². The smallest absolute Gasteiger partial charge is 0.255 e. The molecule has 1 N–H and O–H groups in total. The van der Waals surface area contributed by atoms with E-state index in [9.17, 15) is 13.2 Å². The molecule has 1 saturated heterocycles. The lowest BCUT2D eigenvalue weighted by Crippen LogP contribution is -2.37. The zero-order valence-corrected chi connectivity index (χ0v) is 15.5. The number of carbonyl (C=O) groups is 1. The predicted octanol–water partition coefficient (Wildman–Crippen LogP) is 0.902. The third kappa shape index (κ3) is 3.34. The number of aryl methyl sites for hydroxylation is 3. The van der Waals surface area contributed by atoms with E-state index in [0.717, 1.165) is 0 Å². The van der Waals surface area contributed by atoms with Crippen LogP contribution in [0.5, 0.6) is 0 Å². The van der Waals surface area contributed by atoms with Gasteiger partial charge in [-0.05, 0) is 26.3 Å². The van der Waals surface area contributed by atoms with Gasteiger partial charge in [0.2, 0.25) is 10.0 Å². The van der Waals surface area contributed by atoms with Crippen molar-refractivity contribution in [2.45, 2.75) is 25.2 Å². The number of H-pyrrole nitrogens is 1. The summed E-state index contributed by atoms with van der Waals surface area (Å²) in [5, 5.41) is 6.71. The summed E-state index contributed by atoms with van der Waals surface area (Å²) >= 11 is 0. The van der Waals surface area contributed by atoms with Crippen molar-refractivity contribution in [2.24, 2.45) is 7.05 Å². The van der Waals surface area contributed by atoms with Crippen LogP contribution in [0.15, 0.2) is 23.4 Å². The van der Waals surface area contributed by atoms with Gasteiger partial charge in [-0.15, -0.1) is 0 Å². The minimum atomic E-state index is -3.62. The highest BCUT2D eigenvalue weighted by Gasteiger charge is 2.32. The highest BCUT2D eigenvalue weighted by atomic mass is 32.2. The van der Waals surface area contributed by atoms with Crippen LogP contribution >= 0.6 is 0 Å². The van der Waals surface area contributed by atoms with Crippen LogP contribution in [-0.4, -0.2) is 64.5 Å². The number of hydrogen-bond donors (Lipinski definition) is 1. The SMILES string of the molecule is Cc1n[nH]c(C)c1S(=O)(=O)N1CCCN(C(=O)c2ccn(C)c2)CC1. The van der Waals surface area contributed by atoms with E-state index < -0.39 is 10.0 Å². The van der Waals surface area contributed by atoms with Crippen molar-refractivity contribution < 1.29 is 13.2 Å². The number of aromatic amines is 1. The first-order chi connectivity index (χ1) is 11.8. The first-order valence-electron chi connectivity index (χ1n) is 8.23. The van der Waals surface area contributed by atoms with Crippen LogP contribution in [0.4, 0.5) is 0 Å². The predicted molar refractivity (Wildman–Crippen MR) is 92.8 cm³/mol. The number of rotatable bonds is 3. The normalized spacial score (nSPS) is 16.8. The van der Waals surface area contributed by atoms with Gasteiger partial charge in [0, 0.05) is 45.6 Å². The first kappa shape index (κ1) is 17.7. The van der Waals surface area contributed by atoms with Crippen molar-refractivity contribution >= 4 is 15.9 Å². The van der Waals surface area contributed by atoms with Crippen LogP contribution in [0.3, 0.4) is 0 Å². The topological polar surface area (TPSA) is 91.3 Å². The van der Waals surface area contributed by atoms with Gasteiger partial charge in [0.05, 0.1) is 17.0 Å². The molecule has 3 rings (SSSR count). The second-order valence-corrected chi connectivity index (χ2v) is 8.25. The first-order valence-corrected chi connectivity index (χ1v) is 9.67. The summed E-state index contributed by atoms with van der Waals surface area (Å²) in [6.45, 7) is 4.98. The molecular weight excluding hydrogens is 342 g/mol. The fourth-order valence-corrected chi connectivity index (χ4v) is 5.00. The largest absolute Gasteiger partial charge is 0.356 e. The Balaban J connectivity index is 1.76. The van der Waals surface area contributed by atoms with Gasteiger partial charge in [-0.3, -0.25) is 9.89 Å². The van der Waals surface area contributed by atoms with Gasteiger partial charge < -0.3 is 9.47 Å². The van der Waals surface area contributed by atoms with Crippen LogP contribution < -0.4 is 0 Å². The Hall–Kier alpha value is -2.13. The van der Waals surface area contributed by atoms with Crippen LogP contribution in [0.1, 0.15) is 28.2 Å². The fourth-order valence-electron chi connectivity index (χ4n) is 3.20. The number of aromatic nitrogens is 3. The van der Waals surface area contributed by atoms with E-state index in [-0.39, 0.29) is 17.3 Å². The Bertz CT molecular complexity index is 864. The maximum Gasteiger partial charge on any atom is 0.255 e. The van der Waals surface area contributed by atoms with E-state index in [2.05, 4.69) is 10.2 Å². The molecule has 8 nitrogen and oxygen atoms in total. The van der Waals surface area contributed by atoms with Crippen molar-refractivity contribution in [1.29, 1.82) is 0 Å². The molecule has 0 saturated carbocycles. The van der Waals surface area contributed by atoms with Crippen molar-refractivity contribution in [2.75, 3.05) is 26.2 Å². The molecule has 0 atom stereocenters. The summed E-state index contributed by atoms with van der Waals surface area (Å²) in [5.74, 6) is -0.0597.